The number of fused-ring (bicyclic) bond motifs is 12. The Labute approximate surface area is 567 Å². The average Bonchev–Trinajstić information content (AvgIpc) is 1.53. The summed E-state index contributed by atoms with van der Waals surface area (Å²) in [7, 11) is 0. The lowest BCUT2D eigenvalue weighted by molar-refractivity contribution is 1.29. The molecule has 14 aromatic carbocycles. The van der Waals surface area contributed by atoms with Crippen LogP contribution in [0.1, 0.15) is 7.43 Å². The van der Waals surface area contributed by atoms with Crippen LogP contribution in [0.5, 0.6) is 0 Å². The predicted octanol–water partition coefficient (Wildman–Crippen LogP) is 28.0. The van der Waals surface area contributed by atoms with Crippen LogP contribution in [0.3, 0.4) is 0 Å². The summed E-state index contributed by atoms with van der Waals surface area (Å²) >= 11 is 14.0. The van der Waals surface area contributed by atoms with Gasteiger partial charge in [-0.2, -0.15) is 0 Å². The summed E-state index contributed by atoms with van der Waals surface area (Å²) in [6.07, 6.45) is 0. The van der Waals surface area contributed by atoms with Crippen molar-refractivity contribution >= 4 is 200 Å². The number of para-hydroxylation sites is 6. The molecule has 452 valence electrons. The molecule has 9 heteroatoms. The van der Waals surface area contributed by atoms with Gasteiger partial charge in [0.05, 0.1) is 17.1 Å². The zero-order chi connectivity index (χ0) is 62.0. The zero-order valence-electron chi connectivity index (χ0n) is 50.2. The van der Waals surface area contributed by atoms with Crippen LogP contribution in [0.25, 0.3) is 80.7 Å². The number of thiophene rings is 4. The maximum Gasteiger partial charge on any atom is 0.0555 e. The molecule has 0 aliphatic heterocycles. The molecule has 0 radical (unpaired) electrons. The second-order valence-electron chi connectivity index (χ2n) is 22.5. The highest BCUT2D eigenvalue weighted by molar-refractivity contribution is 7.27. The van der Waals surface area contributed by atoms with Crippen LogP contribution < -0.4 is 20.0 Å². The van der Waals surface area contributed by atoms with Gasteiger partial charge in [-0.25, -0.2) is 0 Å². The quantitative estimate of drug-likeness (QED) is 0.139. The fraction of sp³-hybridized carbons (Fsp3) is 0.0118. The third-order valence-corrected chi connectivity index (χ3v) is 21.6. The van der Waals surface area contributed by atoms with Gasteiger partial charge in [-0.05, 0) is 170 Å². The monoisotopic (exact) mass is 1300 g/mol. The van der Waals surface area contributed by atoms with E-state index >= 15 is 0 Å². The first-order chi connectivity index (χ1) is 46.1. The van der Waals surface area contributed by atoms with Gasteiger partial charge in [-0.3, -0.25) is 0 Å². The fourth-order valence-electron chi connectivity index (χ4n) is 12.7. The number of nitrogens with zero attached hydrogens (tertiary/aromatic N) is 3. The maximum absolute atomic E-state index is 6.63. The number of anilines is 11. The van der Waals surface area contributed by atoms with E-state index in [1.807, 2.05) is 76.5 Å². The van der Waals surface area contributed by atoms with Crippen molar-refractivity contribution in [2.45, 2.75) is 7.43 Å². The third kappa shape index (κ3) is 11.6. The standard InChI is InChI=1S/C42H28N2S2.C24H16ClNS.C18H13NS.CH4/c1-4-14-29(15-5-1)43(30-16-6-2-7-17-30)35-21-12-24-39-41(35)42-36(22-13-25-40(42)46-39)44(31-18-8-3-9-19-31)32-26-27-38-34(28-32)33-20-10-11-23-37(33)45-38;25-19-13-7-15-21-23(19)24-20(14-8-16-22(24)27-21)26(17-9-3-1-4-10-17)18-11-5-2-6-12-18;1-2-6-13(7-3-1)19-14-10-11-18-16(12-14)15-8-4-5-9-17(15)20-18;/h1-28H;1-16H;1-12,19H;1H4. The molecule has 0 spiro atoms. The molecule has 0 aliphatic carbocycles. The summed E-state index contributed by atoms with van der Waals surface area (Å²) < 4.78 is 10.3. The summed E-state index contributed by atoms with van der Waals surface area (Å²) in [6.45, 7) is 0. The molecule has 1 N–H and O–H groups in total. The van der Waals surface area contributed by atoms with Crippen molar-refractivity contribution in [1.82, 2.24) is 0 Å². The summed E-state index contributed by atoms with van der Waals surface area (Å²) in [5, 5.41) is 14.4. The summed E-state index contributed by atoms with van der Waals surface area (Å²) in [6, 6.07) is 120. The zero-order valence-corrected chi connectivity index (χ0v) is 54.2. The van der Waals surface area contributed by atoms with Gasteiger partial charge in [0.2, 0.25) is 0 Å². The Bertz CT molecular complexity index is 5560. The second kappa shape index (κ2) is 26.6. The minimum Gasteiger partial charge on any atom is -0.356 e. The molecule has 4 heterocycles. The topological polar surface area (TPSA) is 21.8 Å². The van der Waals surface area contributed by atoms with E-state index in [-0.39, 0.29) is 7.43 Å². The molecule has 0 saturated carbocycles. The number of hydrogen-bond donors (Lipinski definition) is 1. The third-order valence-electron chi connectivity index (χ3n) is 16.8. The number of nitrogens with one attached hydrogen (secondary N) is 1. The van der Waals surface area contributed by atoms with Gasteiger partial charge in [-0.1, -0.05) is 189 Å². The molecule has 4 nitrogen and oxygen atoms in total. The van der Waals surface area contributed by atoms with Gasteiger partial charge < -0.3 is 20.0 Å². The van der Waals surface area contributed by atoms with Crippen LogP contribution in [0.4, 0.5) is 62.6 Å². The van der Waals surface area contributed by atoms with Crippen molar-refractivity contribution in [2.24, 2.45) is 0 Å². The van der Waals surface area contributed by atoms with Gasteiger partial charge in [-0.15, -0.1) is 45.3 Å². The molecule has 0 unspecified atom stereocenters. The number of halogens is 1. The van der Waals surface area contributed by atoms with Crippen molar-refractivity contribution in [2.75, 3.05) is 20.0 Å². The van der Waals surface area contributed by atoms with Crippen LogP contribution in [-0.4, -0.2) is 0 Å². The van der Waals surface area contributed by atoms with Gasteiger partial charge in [0, 0.05) is 131 Å². The Kier molecular flexibility index (Phi) is 16.9. The van der Waals surface area contributed by atoms with Gasteiger partial charge in [0.25, 0.3) is 0 Å². The molecule has 18 rings (SSSR count). The molecule has 94 heavy (non-hydrogen) atoms. The fourth-order valence-corrected chi connectivity index (χ4v) is 17.5. The van der Waals surface area contributed by atoms with Crippen LogP contribution >= 0.6 is 56.9 Å². The lowest BCUT2D eigenvalue weighted by atomic mass is 10.0. The Morgan fingerprint density at radius 1 is 0.223 bits per heavy atom. The Hall–Kier alpha value is -10.6. The number of rotatable bonds is 11. The SMILES string of the molecule is C.Clc1cccc2sc3cccc(N(c4ccccc4)c4ccccc4)c3c12.c1ccc(N(c2ccccc2)c2cccc3sc4cccc(N(c5ccccc5)c5ccc6sc7ccccc7c6c5)c4c23)cc1.c1ccc(Nc2ccc3sc4ccccc4c3c2)cc1. The Morgan fingerprint density at radius 3 is 0.968 bits per heavy atom. The predicted molar refractivity (Wildman–Crippen MR) is 416 cm³/mol. The molecular weight excluding hydrogens is 1240 g/mol. The smallest absolute Gasteiger partial charge is 0.0555 e. The van der Waals surface area contributed by atoms with E-state index in [1.165, 1.54) is 86.7 Å². The largest absolute Gasteiger partial charge is 0.356 e. The van der Waals surface area contributed by atoms with Crippen molar-refractivity contribution in [3.63, 3.8) is 0 Å². The Morgan fingerprint density at radius 2 is 0.532 bits per heavy atom. The minimum atomic E-state index is 0. The minimum absolute atomic E-state index is 0. The highest BCUT2D eigenvalue weighted by Gasteiger charge is 2.24. The van der Waals surface area contributed by atoms with Crippen molar-refractivity contribution in [3.05, 3.63) is 345 Å². The summed E-state index contributed by atoms with van der Waals surface area (Å²) in [5.74, 6) is 0. The van der Waals surface area contributed by atoms with Crippen LogP contribution in [0, 0.1) is 0 Å². The van der Waals surface area contributed by atoms with E-state index in [2.05, 4.69) is 317 Å². The van der Waals surface area contributed by atoms with Crippen molar-refractivity contribution in [1.29, 1.82) is 0 Å². The second-order valence-corrected chi connectivity index (χ2v) is 27.3. The summed E-state index contributed by atoms with van der Waals surface area (Å²) in [4.78, 5) is 7.13. The first kappa shape index (κ1) is 59.7. The van der Waals surface area contributed by atoms with E-state index in [0.29, 0.717) is 0 Å². The lowest BCUT2D eigenvalue weighted by Gasteiger charge is -2.28. The molecule has 0 atom stereocenters. The van der Waals surface area contributed by atoms with Gasteiger partial charge in [0.1, 0.15) is 0 Å². The normalized spacial score (nSPS) is 11.2. The van der Waals surface area contributed by atoms with E-state index < -0.39 is 0 Å². The summed E-state index contributed by atoms with van der Waals surface area (Å²) in [5.41, 5.74) is 12.5. The first-order valence-corrected chi connectivity index (χ1v) is 34.5. The van der Waals surface area contributed by atoms with Crippen molar-refractivity contribution < 1.29 is 0 Å². The molecule has 0 bridgehead atoms. The molecule has 0 amide bonds. The maximum atomic E-state index is 6.63. The molecule has 0 aliphatic rings. The average molecular weight is 1300 g/mol. The van der Waals surface area contributed by atoms with Crippen LogP contribution in [0.2, 0.25) is 5.02 Å². The van der Waals surface area contributed by atoms with Gasteiger partial charge >= 0.3 is 0 Å². The molecule has 18 aromatic rings. The molecule has 0 saturated heterocycles. The first-order valence-electron chi connectivity index (χ1n) is 30.9. The molecular formula is C85H61ClN4S4. The van der Waals surface area contributed by atoms with Crippen molar-refractivity contribution in [3.8, 4) is 0 Å². The van der Waals surface area contributed by atoms with Gasteiger partial charge in [0.15, 0.2) is 0 Å². The van der Waals surface area contributed by atoms with Crippen LogP contribution in [0.15, 0.2) is 340 Å². The highest BCUT2D eigenvalue weighted by Crippen LogP contribution is 2.52. The van der Waals surface area contributed by atoms with E-state index in [9.17, 15) is 0 Å². The molecule has 0 fully saturated rings. The lowest BCUT2D eigenvalue weighted by Crippen LogP contribution is -2.11. The Balaban J connectivity index is 0.000000128. The van der Waals surface area contributed by atoms with E-state index in [4.69, 9.17) is 11.6 Å². The van der Waals surface area contributed by atoms with Crippen LogP contribution in [-0.2, 0) is 0 Å². The number of benzene rings is 14. The highest BCUT2D eigenvalue weighted by atomic mass is 35.5. The number of hydrogen-bond acceptors (Lipinski definition) is 8. The molecule has 4 aromatic heterocycles. The van der Waals surface area contributed by atoms with E-state index in [0.717, 1.165) is 61.6 Å². The van der Waals surface area contributed by atoms with E-state index in [1.54, 1.807) is 11.3 Å².